The number of carbonyl (C=O) groups excluding carboxylic acids is 2. The minimum Gasteiger partial charge on any atom is -0.466 e. The average molecular weight is 571 g/mol. The van der Waals surface area contributed by atoms with Gasteiger partial charge in [0, 0.05) is 24.3 Å². The summed E-state index contributed by atoms with van der Waals surface area (Å²) in [6.45, 7) is 4.84. The second kappa shape index (κ2) is 12.7. The van der Waals surface area contributed by atoms with E-state index in [2.05, 4.69) is 10.4 Å². The lowest BCUT2D eigenvalue weighted by atomic mass is 9.97. The van der Waals surface area contributed by atoms with Gasteiger partial charge in [0.25, 0.3) is 11.5 Å². The van der Waals surface area contributed by atoms with E-state index in [0.29, 0.717) is 48.7 Å². The van der Waals surface area contributed by atoms with Gasteiger partial charge in [0.05, 0.1) is 24.4 Å². The van der Waals surface area contributed by atoms with Crippen LogP contribution in [0.5, 0.6) is 11.5 Å². The molecule has 1 amide bonds. The van der Waals surface area contributed by atoms with Crippen molar-refractivity contribution in [2.45, 2.75) is 26.7 Å². The van der Waals surface area contributed by atoms with Crippen molar-refractivity contribution in [1.29, 1.82) is 0 Å². The second-order valence-corrected chi connectivity index (χ2v) is 10.0. The van der Waals surface area contributed by atoms with E-state index in [-0.39, 0.29) is 35.8 Å². The largest absolute Gasteiger partial charge is 0.466 e. The third-order valence-electron chi connectivity index (χ3n) is 6.97. The van der Waals surface area contributed by atoms with Crippen LogP contribution in [0, 0.1) is 18.7 Å². The molecule has 1 aliphatic rings. The van der Waals surface area contributed by atoms with E-state index in [1.165, 1.54) is 30.5 Å². The maximum absolute atomic E-state index is 13.7. The fourth-order valence-electron chi connectivity index (χ4n) is 4.80. The lowest BCUT2D eigenvalue weighted by Crippen LogP contribution is -2.42. The molecule has 1 saturated heterocycles. The van der Waals surface area contributed by atoms with Crippen LogP contribution in [0.25, 0.3) is 5.69 Å². The van der Waals surface area contributed by atoms with Crippen LogP contribution in [-0.4, -0.2) is 46.3 Å². The number of anilines is 2. The minimum atomic E-state index is -0.531. The first kappa shape index (κ1) is 28.5. The minimum absolute atomic E-state index is 0.0832. The molecule has 42 heavy (non-hydrogen) atoms. The van der Waals surface area contributed by atoms with Crippen molar-refractivity contribution in [1.82, 2.24) is 14.7 Å². The number of aryl methyl sites for hydroxylation is 1. The highest BCUT2D eigenvalue weighted by molar-refractivity contribution is 5.95. The van der Waals surface area contributed by atoms with Crippen LogP contribution in [0.15, 0.2) is 83.8 Å². The molecular weight excluding hydrogens is 539 g/mol. The van der Waals surface area contributed by atoms with Gasteiger partial charge in [-0.05, 0) is 81.3 Å². The van der Waals surface area contributed by atoms with Gasteiger partial charge in [-0.2, -0.15) is 9.78 Å². The van der Waals surface area contributed by atoms with E-state index in [4.69, 9.17) is 9.47 Å². The zero-order chi connectivity index (χ0) is 29.6. The summed E-state index contributed by atoms with van der Waals surface area (Å²) in [5, 5.41) is 7.37. The molecule has 0 aliphatic carbocycles. The van der Waals surface area contributed by atoms with Crippen LogP contribution in [0.4, 0.5) is 15.8 Å². The third kappa shape index (κ3) is 6.49. The van der Waals surface area contributed by atoms with E-state index in [0.717, 1.165) is 10.2 Å². The van der Waals surface area contributed by atoms with Gasteiger partial charge in [-0.25, -0.2) is 4.39 Å². The normalized spacial score (nSPS) is 14.7. The van der Waals surface area contributed by atoms with Gasteiger partial charge in [0.15, 0.2) is 11.4 Å². The number of nitrogens with one attached hydrogen (secondary N) is 1. The summed E-state index contributed by atoms with van der Waals surface area (Å²) in [6.07, 6.45) is 2.79. The molecule has 1 fully saturated rings. The van der Waals surface area contributed by atoms with Crippen LogP contribution < -0.4 is 15.6 Å². The molecule has 0 bridgehead atoms. The number of nitrogens with zero attached hydrogens (tertiary/aromatic N) is 3. The highest BCUT2D eigenvalue weighted by Crippen LogP contribution is 2.30. The first-order valence-electron chi connectivity index (χ1n) is 13.8. The molecule has 2 heterocycles. The molecule has 9 nitrogen and oxygen atoms in total. The predicted octanol–water partition coefficient (Wildman–Crippen LogP) is 5.63. The number of rotatable bonds is 8. The van der Waals surface area contributed by atoms with Crippen LogP contribution >= 0.6 is 0 Å². The van der Waals surface area contributed by atoms with Crippen molar-refractivity contribution in [3.63, 3.8) is 0 Å². The Labute approximate surface area is 242 Å². The Kier molecular flexibility index (Phi) is 8.61. The molecule has 1 atom stereocenters. The van der Waals surface area contributed by atoms with Gasteiger partial charge in [0.1, 0.15) is 11.6 Å². The summed E-state index contributed by atoms with van der Waals surface area (Å²) in [6, 6.07) is 19.5. The van der Waals surface area contributed by atoms with E-state index in [1.807, 2.05) is 19.1 Å². The summed E-state index contributed by atoms with van der Waals surface area (Å²) < 4.78 is 25.9. The number of piperidine rings is 1. The molecule has 5 rings (SSSR count). The number of hydrogen-bond acceptors (Lipinski definition) is 7. The molecule has 0 saturated carbocycles. The van der Waals surface area contributed by atoms with Gasteiger partial charge in [0.2, 0.25) is 0 Å². The van der Waals surface area contributed by atoms with E-state index < -0.39 is 11.4 Å². The number of halogens is 1. The van der Waals surface area contributed by atoms with Crippen molar-refractivity contribution < 1.29 is 23.5 Å². The quantitative estimate of drug-likeness (QED) is 0.274. The zero-order valence-corrected chi connectivity index (χ0v) is 23.4. The molecule has 3 aromatic carbocycles. The maximum Gasteiger partial charge on any atom is 0.310 e. The number of hydrogen-bond donors (Lipinski definition) is 1. The van der Waals surface area contributed by atoms with Gasteiger partial charge in [-0.1, -0.05) is 23.8 Å². The molecule has 1 aliphatic heterocycles. The first-order valence-corrected chi connectivity index (χ1v) is 13.8. The number of carbonyl (C=O) groups is 2. The van der Waals surface area contributed by atoms with Gasteiger partial charge in [-0.15, -0.1) is 0 Å². The van der Waals surface area contributed by atoms with Crippen LogP contribution in [0.3, 0.4) is 0 Å². The Morgan fingerprint density at radius 3 is 2.57 bits per heavy atom. The van der Waals surface area contributed by atoms with Gasteiger partial charge < -0.3 is 19.7 Å². The lowest BCUT2D eigenvalue weighted by molar-refractivity contribution is -0.149. The molecule has 216 valence electrons. The fraction of sp³-hybridized carbons (Fsp3) is 0.250. The average Bonchev–Trinajstić information content (AvgIpc) is 3.00. The number of likely N-dealkylation sites (tertiary alicyclic amines) is 1. The number of aromatic nitrogens is 2. The molecule has 10 heteroatoms. The summed E-state index contributed by atoms with van der Waals surface area (Å²) >= 11 is 0. The predicted molar refractivity (Wildman–Crippen MR) is 156 cm³/mol. The summed E-state index contributed by atoms with van der Waals surface area (Å²) in [7, 11) is 0. The Balaban J connectivity index is 1.45. The maximum atomic E-state index is 13.7. The summed E-state index contributed by atoms with van der Waals surface area (Å²) in [5.41, 5.74) is 1.85. The highest BCUT2D eigenvalue weighted by atomic mass is 19.1. The Bertz CT molecular complexity index is 1640. The zero-order valence-electron chi connectivity index (χ0n) is 23.4. The Morgan fingerprint density at radius 1 is 1.07 bits per heavy atom. The molecule has 0 spiro atoms. The smallest absolute Gasteiger partial charge is 0.310 e. The lowest BCUT2D eigenvalue weighted by Gasteiger charge is -2.31. The van der Waals surface area contributed by atoms with Crippen LogP contribution in [0.2, 0.25) is 0 Å². The SMILES string of the molecule is CCOC(=O)[C@H]1CCCN(C(=O)c2cccc(Nc3c(Oc4ccc(C)cc4)cnn(-c4ccc(F)cc4)c3=O)c2)C1. The second-order valence-electron chi connectivity index (χ2n) is 10.0. The summed E-state index contributed by atoms with van der Waals surface area (Å²) in [4.78, 5) is 41.0. The third-order valence-corrected chi connectivity index (χ3v) is 6.97. The fourth-order valence-corrected chi connectivity index (χ4v) is 4.80. The molecule has 1 N–H and O–H groups in total. The van der Waals surface area contributed by atoms with Crippen molar-refractivity contribution in [2.24, 2.45) is 5.92 Å². The molecular formula is C32H31FN4O5. The number of amides is 1. The first-order chi connectivity index (χ1) is 20.3. The van der Waals surface area contributed by atoms with Gasteiger partial charge in [-0.3, -0.25) is 14.4 Å². The van der Waals surface area contributed by atoms with Gasteiger partial charge >= 0.3 is 5.97 Å². The Morgan fingerprint density at radius 2 is 1.83 bits per heavy atom. The molecule has 0 unspecified atom stereocenters. The van der Waals surface area contributed by atoms with E-state index in [1.54, 1.807) is 48.2 Å². The Hall–Kier alpha value is -4.99. The summed E-state index contributed by atoms with van der Waals surface area (Å²) in [5.74, 6) is -0.619. The molecule has 1 aromatic heterocycles. The number of ether oxygens (including phenoxy) is 2. The van der Waals surface area contributed by atoms with Crippen molar-refractivity contribution in [2.75, 3.05) is 25.0 Å². The van der Waals surface area contributed by atoms with Crippen molar-refractivity contribution >= 4 is 23.3 Å². The molecule has 0 radical (unpaired) electrons. The van der Waals surface area contributed by atoms with Crippen LogP contribution in [0.1, 0.15) is 35.7 Å². The molecule has 4 aromatic rings. The van der Waals surface area contributed by atoms with Crippen LogP contribution in [-0.2, 0) is 9.53 Å². The monoisotopic (exact) mass is 570 g/mol. The van der Waals surface area contributed by atoms with Crippen molar-refractivity contribution in [3.8, 4) is 17.2 Å². The standard InChI is InChI=1S/C32H31FN4O5/c1-3-41-32(40)23-7-5-17-36(20-23)30(38)22-6-4-8-25(18-22)35-29-28(42-27-15-9-21(2)10-16-27)19-34-37(31(29)39)26-13-11-24(33)12-14-26/h4,6,8-16,18-19,23,35H,3,5,7,17,20H2,1-2H3/t23-/m0/s1. The van der Waals surface area contributed by atoms with Crippen molar-refractivity contribution in [3.05, 3.63) is 106 Å². The number of benzene rings is 3. The highest BCUT2D eigenvalue weighted by Gasteiger charge is 2.30. The van der Waals surface area contributed by atoms with E-state index >= 15 is 0 Å². The van der Waals surface area contributed by atoms with E-state index in [9.17, 15) is 18.8 Å². The number of esters is 1. The topological polar surface area (TPSA) is 103 Å².